The summed E-state index contributed by atoms with van der Waals surface area (Å²) in [7, 11) is 0. The zero-order valence-electron chi connectivity index (χ0n) is 12.2. The lowest BCUT2D eigenvalue weighted by Gasteiger charge is -2.32. The fraction of sp³-hybridized carbons (Fsp3) is 0.471. The molecule has 0 aliphatic heterocycles. The van der Waals surface area contributed by atoms with Gasteiger partial charge in [-0.25, -0.2) is 0 Å². The third-order valence-electron chi connectivity index (χ3n) is 3.55. The van der Waals surface area contributed by atoms with Gasteiger partial charge in [0, 0.05) is 5.70 Å². The van der Waals surface area contributed by atoms with Crippen molar-refractivity contribution < 1.29 is 4.79 Å². The van der Waals surface area contributed by atoms with E-state index >= 15 is 0 Å². The number of nitrogens with zero attached hydrogens (tertiary/aromatic N) is 1. The van der Waals surface area contributed by atoms with Crippen LogP contribution in [0.4, 0.5) is 0 Å². The number of amides is 1. The second-order valence-electron chi connectivity index (χ2n) is 5.79. The molecule has 1 amide bonds. The highest BCUT2D eigenvalue weighted by Gasteiger charge is 2.31. The molecule has 1 aliphatic rings. The van der Waals surface area contributed by atoms with Gasteiger partial charge in [-0.1, -0.05) is 52.3 Å². The summed E-state index contributed by atoms with van der Waals surface area (Å²) in [5.74, 6) is 0.134. The Morgan fingerprint density at radius 2 is 1.95 bits per heavy atom. The predicted molar refractivity (Wildman–Crippen MR) is 86.5 cm³/mol. The minimum absolute atomic E-state index is 0.134. The van der Waals surface area contributed by atoms with E-state index in [9.17, 15) is 4.79 Å². The second kappa shape index (κ2) is 6.57. The smallest absolute Gasteiger partial charge is 0.243 e. The fourth-order valence-electron chi connectivity index (χ4n) is 2.46. The molecule has 20 heavy (non-hydrogen) atoms. The van der Waals surface area contributed by atoms with Crippen molar-refractivity contribution >= 4 is 21.8 Å². The Balaban J connectivity index is 2.24. The standard InChI is InChI=1S/C17H22BrNO/c1-17(2,18)16(20)19(15-11-7-4-8-12-15)13-14-9-5-3-6-10-14/h3,5-6,9-11H,4,7-8,12-13H2,1-2H3. The number of rotatable bonds is 4. The highest BCUT2D eigenvalue weighted by molar-refractivity contribution is 9.10. The molecule has 2 rings (SSSR count). The molecule has 1 aliphatic carbocycles. The van der Waals surface area contributed by atoms with E-state index in [4.69, 9.17) is 0 Å². The Hall–Kier alpha value is -1.09. The van der Waals surface area contributed by atoms with Gasteiger partial charge in [0.2, 0.25) is 5.91 Å². The first-order chi connectivity index (χ1) is 9.48. The predicted octanol–water partition coefficient (Wildman–Crippen LogP) is 4.65. The fourth-order valence-corrected chi connectivity index (χ4v) is 2.67. The van der Waals surface area contributed by atoms with Crippen molar-refractivity contribution in [2.75, 3.05) is 0 Å². The maximum Gasteiger partial charge on any atom is 0.243 e. The van der Waals surface area contributed by atoms with Crippen LogP contribution in [0.15, 0.2) is 42.1 Å². The van der Waals surface area contributed by atoms with Crippen molar-refractivity contribution in [3.8, 4) is 0 Å². The normalized spacial score (nSPS) is 15.7. The first-order valence-corrected chi connectivity index (χ1v) is 8.01. The minimum atomic E-state index is -0.528. The zero-order valence-corrected chi connectivity index (χ0v) is 13.8. The van der Waals surface area contributed by atoms with E-state index in [1.54, 1.807) is 0 Å². The molecule has 0 unspecified atom stereocenters. The quantitative estimate of drug-likeness (QED) is 0.733. The molecule has 1 aromatic carbocycles. The van der Waals surface area contributed by atoms with Gasteiger partial charge in [-0.05, 0) is 45.1 Å². The van der Waals surface area contributed by atoms with E-state index in [0.29, 0.717) is 6.54 Å². The van der Waals surface area contributed by atoms with Crippen LogP contribution >= 0.6 is 15.9 Å². The van der Waals surface area contributed by atoms with Gasteiger partial charge in [0.25, 0.3) is 0 Å². The van der Waals surface area contributed by atoms with Crippen molar-refractivity contribution in [2.24, 2.45) is 0 Å². The van der Waals surface area contributed by atoms with Crippen LogP contribution in [-0.4, -0.2) is 15.1 Å². The monoisotopic (exact) mass is 335 g/mol. The second-order valence-corrected chi connectivity index (χ2v) is 7.77. The molecule has 0 atom stereocenters. The van der Waals surface area contributed by atoms with E-state index < -0.39 is 4.32 Å². The minimum Gasteiger partial charge on any atom is -0.311 e. The van der Waals surface area contributed by atoms with Crippen molar-refractivity contribution in [3.05, 3.63) is 47.7 Å². The number of alkyl halides is 1. The molecule has 0 heterocycles. The van der Waals surface area contributed by atoms with Gasteiger partial charge in [-0.3, -0.25) is 4.79 Å². The molecule has 0 radical (unpaired) electrons. The molecular weight excluding hydrogens is 314 g/mol. The lowest BCUT2D eigenvalue weighted by Crippen LogP contribution is -2.41. The number of allylic oxidation sites excluding steroid dienone is 2. The third-order valence-corrected chi connectivity index (χ3v) is 3.89. The third kappa shape index (κ3) is 3.95. The lowest BCUT2D eigenvalue weighted by atomic mass is 10.0. The van der Waals surface area contributed by atoms with E-state index in [-0.39, 0.29) is 5.91 Å². The highest BCUT2D eigenvalue weighted by Crippen LogP contribution is 2.28. The Morgan fingerprint density at radius 1 is 1.25 bits per heavy atom. The van der Waals surface area contributed by atoms with Crippen LogP contribution in [-0.2, 0) is 11.3 Å². The van der Waals surface area contributed by atoms with Crippen LogP contribution in [0.3, 0.4) is 0 Å². The van der Waals surface area contributed by atoms with Crippen molar-refractivity contribution in [2.45, 2.75) is 50.4 Å². The molecule has 0 saturated carbocycles. The Morgan fingerprint density at radius 3 is 2.50 bits per heavy atom. The molecule has 0 spiro atoms. The zero-order chi connectivity index (χ0) is 14.6. The lowest BCUT2D eigenvalue weighted by molar-refractivity contribution is -0.131. The molecule has 0 saturated heterocycles. The van der Waals surface area contributed by atoms with Crippen molar-refractivity contribution in [3.63, 3.8) is 0 Å². The van der Waals surface area contributed by atoms with E-state index in [2.05, 4.69) is 34.1 Å². The van der Waals surface area contributed by atoms with Crippen LogP contribution in [0.5, 0.6) is 0 Å². The molecule has 1 aromatic rings. The molecule has 0 fully saturated rings. The number of carbonyl (C=O) groups is 1. The average molecular weight is 336 g/mol. The summed E-state index contributed by atoms with van der Waals surface area (Å²) in [6.07, 6.45) is 6.71. The summed E-state index contributed by atoms with van der Waals surface area (Å²) in [6, 6.07) is 10.2. The van der Waals surface area contributed by atoms with Crippen LogP contribution in [0, 0.1) is 0 Å². The highest BCUT2D eigenvalue weighted by atomic mass is 79.9. The number of carbonyl (C=O) groups excluding carboxylic acids is 1. The molecule has 108 valence electrons. The van der Waals surface area contributed by atoms with Crippen molar-refractivity contribution in [1.29, 1.82) is 0 Å². The molecule has 3 heteroatoms. The van der Waals surface area contributed by atoms with Crippen LogP contribution < -0.4 is 0 Å². The van der Waals surface area contributed by atoms with Crippen LogP contribution in [0.1, 0.15) is 45.1 Å². The maximum atomic E-state index is 12.7. The number of benzene rings is 1. The van der Waals surface area contributed by atoms with E-state index in [0.717, 1.165) is 12.8 Å². The summed E-state index contributed by atoms with van der Waals surface area (Å²) in [5, 5.41) is 0. The van der Waals surface area contributed by atoms with Gasteiger partial charge in [0.15, 0.2) is 0 Å². The van der Waals surface area contributed by atoms with Crippen LogP contribution in [0.25, 0.3) is 0 Å². The maximum absolute atomic E-state index is 12.7. The van der Waals surface area contributed by atoms with Crippen molar-refractivity contribution in [1.82, 2.24) is 4.90 Å². The first-order valence-electron chi connectivity index (χ1n) is 7.22. The summed E-state index contributed by atoms with van der Waals surface area (Å²) >= 11 is 3.51. The van der Waals surface area contributed by atoms with Gasteiger partial charge >= 0.3 is 0 Å². The Bertz CT molecular complexity index is 487. The number of hydrogen-bond acceptors (Lipinski definition) is 1. The van der Waals surface area contributed by atoms with Crippen LogP contribution in [0.2, 0.25) is 0 Å². The Labute approximate surface area is 130 Å². The van der Waals surface area contributed by atoms with Gasteiger partial charge in [-0.15, -0.1) is 0 Å². The average Bonchev–Trinajstić information content (AvgIpc) is 2.45. The molecule has 0 bridgehead atoms. The van der Waals surface area contributed by atoms with Gasteiger partial charge in [0.1, 0.15) is 0 Å². The summed E-state index contributed by atoms with van der Waals surface area (Å²) in [4.78, 5) is 14.7. The topological polar surface area (TPSA) is 20.3 Å². The SMILES string of the molecule is CC(C)(Br)C(=O)N(Cc1ccccc1)C1=CCCCC1. The molecular formula is C17H22BrNO. The number of hydrogen-bond donors (Lipinski definition) is 0. The summed E-state index contributed by atoms with van der Waals surface area (Å²) < 4.78 is -0.528. The van der Waals surface area contributed by atoms with Gasteiger partial charge in [0.05, 0.1) is 10.9 Å². The van der Waals surface area contributed by atoms with Gasteiger partial charge in [-0.2, -0.15) is 0 Å². The molecule has 0 N–H and O–H groups in total. The molecule has 0 aromatic heterocycles. The van der Waals surface area contributed by atoms with E-state index in [1.165, 1.54) is 24.1 Å². The largest absolute Gasteiger partial charge is 0.311 e. The molecule has 2 nitrogen and oxygen atoms in total. The summed E-state index contributed by atoms with van der Waals surface area (Å²) in [5.41, 5.74) is 2.35. The number of halogens is 1. The van der Waals surface area contributed by atoms with E-state index in [1.807, 2.05) is 36.9 Å². The Kier molecular flexibility index (Phi) is 5.03. The summed E-state index contributed by atoms with van der Waals surface area (Å²) in [6.45, 7) is 4.48. The van der Waals surface area contributed by atoms with Gasteiger partial charge < -0.3 is 4.90 Å². The first kappa shape index (κ1) is 15.3.